The topological polar surface area (TPSA) is 57.2 Å². The van der Waals surface area contributed by atoms with Crippen LogP contribution in [0.15, 0.2) is 60.7 Å². The van der Waals surface area contributed by atoms with Gasteiger partial charge in [-0.05, 0) is 29.3 Å². The molecule has 2 aliphatic rings. The first-order chi connectivity index (χ1) is 14.1. The van der Waals surface area contributed by atoms with Crippen LogP contribution in [-0.2, 0) is 18.6 Å². The average Bonchev–Trinajstić information content (AvgIpc) is 3.14. The van der Waals surface area contributed by atoms with Crippen LogP contribution < -0.4 is 10.4 Å². The summed E-state index contributed by atoms with van der Waals surface area (Å²) in [6.07, 6.45) is -1.60. The molecule has 0 aromatic heterocycles. The minimum Gasteiger partial charge on any atom is -0.404 e. The summed E-state index contributed by atoms with van der Waals surface area (Å²) in [7, 11) is -2.72. The van der Waals surface area contributed by atoms with Crippen LogP contribution in [0.5, 0.6) is 0 Å². The summed E-state index contributed by atoms with van der Waals surface area (Å²) in [5.41, 5.74) is -0.837. The zero-order chi connectivity index (χ0) is 21.6. The first-order valence-electron chi connectivity index (χ1n) is 10.5. The maximum atomic E-state index is 10.3. The van der Waals surface area contributed by atoms with Crippen LogP contribution in [0.1, 0.15) is 34.6 Å². The Morgan fingerprint density at radius 2 is 1.53 bits per heavy atom. The molecule has 30 heavy (non-hydrogen) atoms. The number of hydrogen-bond donors (Lipinski definition) is 1. The van der Waals surface area contributed by atoms with Gasteiger partial charge in [0.1, 0.15) is 11.7 Å². The third-order valence-corrected chi connectivity index (χ3v) is 11.1. The highest BCUT2D eigenvalue weighted by Gasteiger charge is 2.62. The van der Waals surface area contributed by atoms with Crippen molar-refractivity contribution in [3.63, 3.8) is 0 Å². The van der Waals surface area contributed by atoms with E-state index in [1.165, 1.54) is 10.4 Å². The van der Waals surface area contributed by atoms with Gasteiger partial charge in [-0.15, -0.1) is 0 Å². The molecule has 0 bridgehead atoms. The summed E-state index contributed by atoms with van der Waals surface area (Å²) in [4.78, 5) is 0. The Labute approximate surface area is 180 Å². The van der Waals surface area contributed by atoms with Crippen LogP contribution in [0.25, 0.3) is 0 Å². The number of hydrogen-bond acceptors (Lipinski definition) is 5. The van der Waals surface area contributed by atoms with Gasteiger partial charge in [0, 0.05) is 0 Å². The Morgan fingerprint density at radius 3 is 2.03 bits per heavy atom. The van der Waals surface area contributed by atoms with Crippen molar-refractivity contribution in [2.24, 2.45) is 0 Å². The van der Waals surface area contributed by atoms with Gasteiger partial charge in [0.05, 0.1) is 13.2 Å². The molecule has 1 N–H and O–H groups in total. The van der Waals surface area contributed by atoms with E-state index in [2.05, 4.69) is 69.3 Å². The lowest BCUT2D eigenvalue weighted by Gasteiger charge is -2.44. The molecule has 0 spiro atoms. The lowest BCUT2D eigenvalue weighted by atomic mass is 10.0. The molecule has 2 heterocycles. The van der Waals surface area contributed by atoms with Gasteiger partial charge in [-0.25, -0.2) is 0 Å². The van der Waals surface area contributed by atoms with Crippen molar-refractivity contribution in [1.82, 2.24) is 0 Å². The molecule has 0 aliphatic carbocycles. The number of fused-ring (bicyclic) bond motifs is 1. The van der Waals surface area contributed by atoms with Crippen LogP contribution in [0.2, 0.25) is 5.04 Å². The summed E-state index contributed by atoms with van der Waals surface area (Å²) < 4.78 is 24.8. The van der Waals surface area contributed by atoms with Crippen LogP contribution in [0.3, 0.4) is 0 Å². The minimum absolute atomic E-state index is 0.144. The molecule has 2 aliphatic heterocycles. The van der Waals surface area contributed by atoms with Gasteiger partial charge in [-0.2, -0.15) is 0 Å². The van der Waals surface area contributed by atoms with Crippen molar-refractivity contribution in [2.75, 3.05) is 13.2 Å². The second-order valence-corrected chi connectivity index (χ2v) is 14.1. The van der Waals surface area contributed by atoms with Crippen molar-refractivity contribution < 1.29 is 23.7 Å². The molecule has 2 aromatic carbocycles. The van der Waals surface area contributed by atoms with Gasteiger partial charge in [-0.1, -0.05) is 81.4 Å². The molecule has 2 fully saturated rings. The van der Waals surface area contributed by atoms with Gasteiger partial charge in [0.15, 0.2) is 12.1 Å². The first-order valence-corrected chi connectivity index (χ1v) is 12.4. The highest BCUT2D eigenvalue weighted by molar-refractivity contribution is 6.99. The SMILES string of the molecule is CC1(C)O[C@H]2[C@H](O)OC[C@@]2(CO[Si](c2ccccc2)(c2ccccc2)C(C)(C)C)O1. The van der Waals surface area contributed by atoms with Gasteiger partial charge in [-0.3, -0.25) is 0 Å². The predicted molar refractivity (Wildman–Crippen MR) is 118 cm³/mol. The van der Waals surface area contributed by atoms with Gasteiger partial charge in [0.25, 0.3) is 8.32 Å². The van der Waals surface area contributed by atoms with E-state index in [1.54, 1.807) is 0 Å². The number of rotatable bonds is 5. The van der Waals surface area contributed by atoms with Crippen LogP contribution in [0.4, 0.5) is 0 Å². The number of aliphatic hydroxyl groups excluding tert-OH is 1. The van der Waals surface area contributed by atoms with Crippen molar-refractivity contribution in [3.05, 3.63) is 60.7 Å². The molecule has 2 aromatic rings. The lowest BCUT2D eigenvalue weighted by Crippen LogP contribution is -2.68. The molecule has 5 nitrogen and oxygen atoms in total. The summed E-state index contributed by atoms with van der Waals surface area (Å²) >= 11 is 0. The Hall–Kier alpha value is -1.54. The molecular weight excluding hydrogens is 396 g/mol. The zero-order valence-electron chi connectivity index (χ0n) is 18.4. The van der Waals surface area contributed by atoms with Gasteiger partial charge < -0.3 is 23.7 Å². The molecule has 162 valence electrons. The Kier molecular flexibility index (Phi) is 5.46. The molecule has 4 rings (SSSR count). The Balaban J connectivity index is 1.78. The largest absolute Gasteiger partial charge is 0.404 e. The molecular formula is C24H32O5Si. The maximum absolute atomic E-state index is 10.3. The third kappa shape index (κ3) is 3.55. The van der Waals surface area contributed by atoms with Crippen molar-refractivity contribution in [2.45, 2.75) is 63.4 Å². The quantitative estimate of drug-likeness (QED) is 0.742. The van der Waals surface area contributed by atoms with E-state index in [0.717, 1.165) is 0 Å². The summed E-state index contributed by atoms with van der Waals surface area (Å²) in [5, 5.41) is 12.6. The molecule has 2 saturated heterocycles. The van der Waals surface area contributed by atoms with Crippen molar-refractivity contribution in [1.29, 1.82) is 0 Å². The van der Waals surface area contributed by atoms with E-state index in [4.69, 9.17) is 18.6 Å². The molecule has 0 radical (unpaired) electrons. The van der Waals surface area contributed by atoms with E-state index in [1.807, 2.05) is 26.0 Å². The third-order valence-electron chi connectivity index (χ3n) is 6.09. The molecule has 3 atom stereocenters. The summed E-state index contributed by atoms with van der Waals surface area (Å²) in [5.74, 6) is -0.801. The van der Waals surface area contributed by atoms with E-state index < -0.39 is 32.1 Å². The minimum atomic E-state index is -2.72. The van der Waals surface area contributed by atoms with E-state index in [0.29, 0.717) is 0 Å². The lowest BCUT2D eigenvalue weighted by molar-refractivity contribution is -0.215. The summed E-state index contributed by atoms with van der Waals surface area (Å²) in [6.45, 7) is 11.0. The first kappa shape index (κ1) is 21.7. The van der Waals surface area contributed by atoms with Crippen molar-refractivity contribution >= 4 is 18.7 Å². The second kappa shape index (κ2) is 7.55. The van der Waals surface area contributed by atoms with Crippen LogP contribution in [0, 0.1) is 0 Å². The standard InChI is InChI=1S/C24H32O5Si/c1-22(2,3)30(18-12-8-6-9-13-18,19-14-10-7-11-15-19)27-17-24-16-26-21(25)20(24)28-23(4,5)29-24/h6-15,20-21,25H,16-17H2,1-5H3/t20-,21+,24-/m0/s1. The van der Waals surface area contributed by atoms with E-state index in [9.17, 15) is 5.11 Å². The fourth-order valence-corrected chi connectivity index (χ4v) is 9.49. The molecule has 0 unspecified atom stereocenters. The predicted octanol–water partition coefficient (Wildman–Crippen LogP) is 2.80. The second-order valence-electron chi connectivity index (χ2n) is 9.76. The Bertz CT molecular complexity index is 825. The molecule has 0 amide bonds. The number of aliphatic hydroxyl groups is 1. The van der Waals surface area contributed by atoms with Crippen LogP contribution in [-0.4, -0.2) is 50.4 Å². The number of benzene rings is 2. The fraction of sp³-hybridized carbons (Fsp3) is 0.500. The maximum Gasteiger partial charge on any atom is 0.261 e. The van der Waals surface area contributed by atoms with E-state index >= 15 is 0 Å². The molecule has 6 heteroatoms. The normalized spacial score (nSPS) is 28.5. The van der Waals surface area contributed by atoms with Crippen molar-refractivity contribution in [3.8, 4) is 0 Å². The zero-order valence-corrected chi connectivity index (χ0v) is 19.4. The highest BCUT2D eigenvalue weighted by atomic mass is 28.4. The smallest absolute Gasteiger partial charge is 0.261 e. The molecule has 0 saturated carbocycles. The van der Waals surface area contributed by atoms with Crippen LogP contribution >= 0.6 is 0 Å². The van der Waals surface area contributed by atoms with Gasteiger partial charge >= 0.3 is 0 Å². The monoisotopic (exact) mass is 428 g/mol. The highest BCUT2D eigenvalue weighted by Crippen LogP contribution is 2.45. The van der Waals surface area contributed by atoms with E-state index in [-0.39, 0.29) is 18.3 Å². The average molecular weight is 429 g/mol. The number of ether oxygens (including phenoxy) is 3. The Morgan fingerprint density at radius 1 is 1.00 bits per heavy atom. The summed E-state index contributed by atoms with van der Waals surface area (Å²) in [6, 6.07) is 21.0. The van der Waals surface area contributed by atoms with Gasteiger partial charge in [0.2, 0.25) is 0 Å². The fourth-order valence-electron chi connectivity index (χ4n) is 4.87.